The second-order valence-electron chi connectivity index (χ2n) is 6.13. The molecule has 1 aromatic heterocycles. The summed E-state index contributed by atoms with van der Waals surface area (Å²) in [4.78, 5) is 39.0. The summed E-state index contributed by atoms with van der Waals surface area (Å²) < 4.78 is 4.78. The SMILES string of the molecule is COC(=O)c1c(CC(=O)Nc2cc(C)cc(C)c2)[nH]c(C(C)=O)c1C. The van der Waals surface area contributed by atoms with Gasteiger partial charge in [0.25, 0.3) is 0 Å². The molecule has 0 unspecified atom stereocenters. The molecule has 132 valence electrons. The number of hydrogen-bond donors (Lipinski definition) is 2. The van der Waals surface area contributed by atoms with E-state index in [1.165, 1.54) is 14.0 Å². The monoisotopic (exact) mass is 342 g/mol. The van der Waals surface area contributed by atoms with E-state index in [2.05, 4.69) is 10.3 Å². The molecule has 0 saturated heterocycles. The smallest absolute Gasteiger partial charge is 0.339 e. The molecule has 1 amide bonds. The predicted molar refractivity (Wildman–Crippen MR) is 95.1 cm³/mol. The lowest BCUT2D eigenvalue weighted by Gasteiger charge is -2.08. The van der Waals surface area contributed by atoms with Crippen molar-refractivity contribution in [2.75, 3.05) is 12.4 Å². The summed E-state index contributed by atoms with van der Waals surface area (Å²) in [5.41, 5.74) is 4.19. The number of ketones is 1. The third-order valence-corrected chi connectivity index (χ3v) is 3.91. The van der Waals surface area contributed by atoms with Crippen LogP contribution in [0.3, 0.4) is 0 Å². The minimum Gasteiger partial charge on any atom is -0.465 e. The van der Waals surface area contributed by atoms with E-state index in [-0.39, 0.29) is 23.7 Å². The van der Waals surface area contributed by atoms with Crippen molar-refractivity contribution in [3.05, 3.63) is 51.8 Å². The van der Waals surface area contributed by atoms with Gasteiger partial charge in [-0.15, -0.1) is 0 Å². The maximum Gasteiger partial charge on any atom is 0.339 e. The van der Waals surface area contributed by atoms with Crippen molar-refractivity contribution in [2.45, 2.75) is 34.1 Å². The second kappa shape index (κ2) is 7.34. The van der Waals surface area contributed by atoms with Gasteiger partial charge in [0.2, 0.25) is 5.91 Å². The molecule has 0 atom stereocenters. The van der Waals surface area contributed by atoms with E-state index in [9.17, 15) is 14.4 Å². The Labute approximate surface area is 146 Å². The van der Waals surface area contributed by atoms with E-state index in [4.69, 9.17) is 4.74 Å². The Bertz CT molecular complexity index is 829. The van der Waals surface area contributed by atoms with Crippen molar-refractivity contribution in [1.82, 2.24) is 4.98 Å². The molecule has 2 N–H and O–H groups in total. The van der Waals surface area contributed by atoms with Crippen LogP contribution in [-0.4, -0.2) is 29.8 Å². The second-order valence-corrected chi connectivity index (χ2v) is 6.13. The number of ether oxygens (including phenoxy) is 1. The number of aryl methyl sites for hydroxylation is 2. The van der Waals surface area contributed by atoms with Crippen molar-refractivity contribution in [3.8, 4) is 0 Å². The van der Waals surface area contributed by atoms with Gasteiger partial charge in [0, 0.05) is 18.3 Å². The van der Waals surface area contributed by atoms with Crippen molar-refractivity contribution >= 4 is 23.3 Å². The van der Waals surface area contributed by atoms with E-state index in [1.807, 2.05) is 32.0 Å². The minimum absolute atomic E-state index is 0.0639. The Balaban J connectivity index is 2.29. The molecule has 0 spiro atoms. The first kappa shape index (κ1) is 18.4. The van der Waals surface area contributed by atoms with Crippen molar-refractivity contribution in [2.24, 2.45) is 0 Å². The van der Waals surface area contributed by atoms with Crippen LogP contribution >= 0.6 is 0 Å². The van der Waals surface area contributed by atoms with E-state index in [0.29, 0.717) is 22.6 Å². The van der Waals surface area contributed by atoms with Crippen LogP contribution in [0.2, 0.25) is 0 Å². The maximum absolute atomic E-state index is 12.4. The van der Waals surface area contributed by atoms with Gasteiger partial charge in [-0.25, -0.2) is 4.79 Å². The summed E-state index contributed by atoms with van der Waals surface area (Å²) >= 11 is 0. The number of carbonyl (C=O) groups is 3. The summed E-state index contributed by atoms with van der Waals surface area (Å²) in [5, 5.41) is 2.82. The Hall–Kier alpha value is -2.89. The van der Waals surface area contributed by atoms with Gasteiger partial charge < -0.3 is 15.0 Å². The van der Waals surface area contributed by atoms with E-state index in [0.717, 1.165) is 11.1 Å². The van der Waals surface area contributed by atoms with Crippen LogP contribution in [0, 0.1) is 20.8 Å². The molecule has 0 fully saturated rings. The summed E-state index contributed by atoms with van der Waals surface area (Å²) in [7, 11) is 1.27. The van der Waals surface area contributed by atoms with Crippen LogP contribution < -0.4 is 5.32 Å². The maximum atomic E-state index is 12.4. The Morgan fingerprint density at radius 2 is 1.68 bits per heavy atom. The van der Waals surface area contributed by atoms with Gasteiger partial charge in [0.05, 0.1) is 24.8 Å². The number of aromatic amines is 1. The fourth-order valence-corrected chi connectivity index (χ4v) is 2.93. The highest BCUT2D eigenvalue weighted by Crippen LogP contribution is 2.21. The average molecular weight is 342 g/mol. The number of Topliss-reactive ketones (excluding diaryl/α,β-unsaturated/α-hetero) is 1. The molecule has 6 nitrogen and oxygen atoms in total. The number of methoxy groups -OCH3 is 1. The Morgan fingerprint density at radius 1 is 1.08 bits per heavy atom. The summed E-state index contributed by atoms with van der Waals surface area (Å²) in [6.07, 6.45) is -0.0639. The standard InChI is InChI=1S/C19H22N2O4/c1-10-6-11(2)8-14(7-10)20-16(23)9-15-17(19(24)25-5)12(3)18(21-15)13(4)22/h6-8,21H,9H2,1-5H3,(H,20,23). The third kappa shape index (κ3) is 4.15. The molecule has 2 aromatic rings. The molecule has 1 heterocycles. The van der Waals surface area contributed by atoms with Crippen LogP contribution in [-0.2, 0) is 16.0 Å². The summed E-state index contributed by atoms with van der Waals surface area (Å²) in [6, 6.07) is 5.75. The van der Waals surface area contributed by atoms with Crippen LogP contribution in [0.1, 0.15) is 50.2 Å². The number of amides is 1. The highest BCUT2D eigenvalue weighted by Gasteiger charge is 2.24. The zero-order valence-corrected chi connectivity index (χ0v) is 15.1. The van der Waals surface area contributed by atoms with Gasteiger partial charge in [-0.05, 0) is 49.6 Å². The molecular weight excluding hydrogens is 320 g/mol. The molecule has 0 saturated carbocycles. The number of hydrogen-bond acceptors (Lipinski definition) is 4. The van der Waals surface area contributed by atoms with Gasteiger partial charge in [-0.1, -0.05) is 6.07 Å². The molecule has 25 heavy (non-hydrogen) atoms. The van der Waals surface area contributed by atoms with Crippen LogP contribution in [0.4, 0.5) is 5.69 Å². The van der Waals surface area contributed by atoms with Crippen LogP contribution in [0.25, 0.3) is 0 Å². The number of aromatic nitrogens is 1. The number of anilines is 1. The fraction of sp³-hybridized carbons (Fsp3) is 0.316. The third-order valence-electron chi connectivity index (χ3n) is 3.91. The van der Waals surface area contributed by atoms with E-state index >= 15 is 0 Å². The summed E-state index contributed by atoms with van der Waals surface area (Å²) in [6.45, 7) is 6.96. The molecule has 0 radical (unpaired) electrons. The predicted octanol–water partition coefficient (Wildman–Crippen LogP) is 3.11. The molecule has 0 aliphatic carbocycles. The molecule has 6 heteroatoms. The number of rotatable bonds is 5. The van der Waals surface area contributed by atoms with Crippen molar-refractivity contribution in [1.29, 1.82) is 0 Å². The van der Waals surface area contributed by atoms with Crippen molar-refractivity contribution in [3.63, 3.8) is 0 Å². The van der Waals surface area contributed by atoms with Gasteiger partial charge in [0.15, 0.2) is 5.78 Å². The van der Waals surface area contributed by atoms with Gasteiger partial charge >= 0.3 is 5.97 Å². The van der Waals surface area contributed by atoms with Crippen molar-refractivity contribution < 1.29 is 19.1 Å². The van der Waals surface area contributed by atoms with Gasteiger partial charge in [0.1, 0.15) is 0 Å². The first-order valence-electron chi connectivity index (χ1n) is 7.91. The first-order chi connectivity index (χ1) is 11.7. The lowest BCUT2D eigenvalue weighted by molar-refractivity contribution is -0.115. The molecule has 0 aliphatic rings. The zero-order valence-electron chi connectivity index (χ0n) is 15.1. The normalized spacial score (nSPS) is 10.4. The largest absolute Gasteiger partial charge is 0.465 e. The van der Waals surface area contributed by atoms with Gasteiger partial charge in [-0.3, -0.25) is 9.59 Å². The van der Waals surface area contributed by atoms with Crippen LogP contribution in [0.5, 0.6) is 0 Å². The topological polar surface area (TPSA) is 88.3 Å². The molecular formula is C19H22N2O4. The number of H-pyrrole nitrogens is 1. The lowest BCUT2D eigenvalue weighted by Crippen LogP contribution is -2.17. The highest BCUT2D eigenvalue weighted by molar-refractivity contribution is 6.02. The molecule has 2 rings (SSSR count). The van der Waals surface area contributed by atoms with Crippen LogP contribution in [0.15, 0.2) is 18.2 Å². The number of nitrogens with one attached hydrogen (secondary N) is 2. The molecule has 0 bridgehead atoms. The summed E-state index contributed by atoms with van der Waals surface area (Å²) in [5.74, 6) is -1.06. The molecule has 1 aromatic carbocycles. The van der Waals surface area contributed by atoms with E-state index in [1.54, 1.807) is 6.92 Å². The fourth-order valence-electron chi connectivity index (χ4n) is 2.93. The number of carbonyl (C=O) groups excluding carboxylic acids is 3. The average Bonchev–Trinajstić information content (AvgIpc) is 2.81. The zero-order chi connectivity index (χ0) is 18.7. The quantitative estimate of drug-likeness (QED) is 0.645. The Morgan fingerprint density at radius 3 is 2.20 bits per heavy atom. The first-order valence-corrected chi connectivity index (χ1v) is 7.91. The minimum atomic E-state index is -0.574. The number of benzene rings is 1. The van der Waals surface area contributed by atoms with E-state index < -0.39 is 5.97 Å². The highest BCUT2D eigenvalue weighted by atomic mass is 16.5. The number of esters is 1. The Kier molecular flexibility index (Phi) is 5.41. The molecule has 0 aliphatic heterocycles. The van der Waals surface area contributed by atoms with Gasteiger partial charge in [-0.2, -0.15) is 0 Å². The lowest BCUT2D eigenvalue weighted by atomic mass is 10.1.